The van der Waals surface area contributed by atoms with Gasteiger partial charge in [-0.25, -0.2) is 4.79 Å². The van der Waals surface area contributed by atoms with E-state index in [0.717, 1.165) is 0 Å². The minimum absolute atomic E-state index is 0.395. The molecule has 0 aliphatic rings. The van der Waals surface area contributed by atoms with Crippen molar-refractivity contribution in [3.63, 3.8) is 0 Å². The molecule has 0 amide bonds. The van der Waals surface area contributed by atoms with Crippen LogP contribution in [0.4, 0.5) is 0 Å². The first-order valence-corrected chi connectivity index (χ1v) is 5.23. The second-order valence-electron chi connectivity index (χ2n) is 2.79. The number of aliphatic hydroxyl groups is 1. The van der Waals surface area contributed by atoms with Crippen molar-refractivity contribution in [2.24, 2.45) is 0 Å². The zero-order valence-electron chi connectivity index (χ0n) is 7.74. The van der Waals surface area contributed by atoms with Crippen molar-refractivity contribution < 1.29 is 14.6 Å². The monoisotopic (exact) mass is 258 g/mol. The number of alkyl halides is 1. The number of hydrogen-bond acceptors (Lipinski definition) is 3. The number of ether oxygens (including phenoxy) is 1. The van der Waals surface area contributed by atoms with Crippen LogP contribution in [-0.4, -0.2) is 23.5 Å². The van der Waals surface area contributed by atoms with Gasteiger partial charge in [0.25, 0.3) is 0 Å². The smallest absolute Gasteiger partial charge is 0.337 e. The van der Waals surface area contributed by atoms with Crippen molar-refractivity contribution in [3.05, 3.63) is 35.4 Å². The average molecular weight is 259 g/mol. The fourth-order valence-corrected chi connectivity index (χ4v) is 1.45. The molecule has 1 unspecified atom stereocenters. The molecule has 0 spiro atoms. The topological polar surface area (TPSA) is 46.5 Å². The molecule has 1 N–H and O–H groups in total. The molecule has 1 aromatic rings. The lowest BCUT2D eigenvalue weighted by atomic mass is 10.1. The van der Waals surface area contributed by atoms with Gasteiger partial charge in [-0.1, -0.05) is 28.1 Å². The Morgan fingerprint density at radius 2 is 2.36 bits per heavy atom. The van der Waals surface area contributed by atoms with E-state index in [1.807, 2.05) is 0 Å². The van der Waals surface area contributed by atoms with Gasteiger partial charge in [0.1, 0.15) is 0 Å². The van der Waals surface area contributed by atoms with Crippen LogP contribution in [0, 0.1) is 0 Å². The minimum atomic E-state index is -0.598. The number of aliphatic hydroxyl groups excluding tert-OH is 1. The van der Waals surface area contributed by atoms with E-state index in [4.69, 9.17) is 0 Å². The molecule has 0 aliphatic heterocycles. The predicted molar refractivity (Wildman–Crippen MR) is 56.5 cm³/mol. The van der Waals surface area contributed by atoms with E-state index in [-0.39, 0.29) is 0 Å². The SMILES string of the molecule is COC(=O)c1cccc(C(O)CBr)c1. The lowest BCUT2D eigenvalue weighted by Crippen LogP contribution is -2.04. The molecular formula is C10H11BrO3. The summed E-state index contributed by atoms with van der Waals surface area (Å²) < 4.78 is 4.57. The molecule has 0 bridgehead atoms. The maximum atomic E-state index is 11.2. The molecule has 0 aliphatic carbocycles. The van der Waals surface area contributed by atoms with Gasteiger partial charge < -0.3 is 9.84 Å². The highest BCUT2D eigenvalue weighted by molar-refractivity contribution is 9.09. The van der Waals surface area contributed by atoms with Crippen LogP contribution in [0.3, 0.4) is 0 Å². The summed E-state index contributed by atoms with van der Waals surface area (Å²) in [5.74, 6) is -0.395. The number of rotatable bonds is 3. The Morgan fingerprint density at radius 3 is 2.93 bits per heavy atom. The standard InChI is InChI=1S/C10H11BrO3/c1-14-10(13)8-4-2-3-7(5-8)9(12)6-11/h2-5,9,12H,6H2,1H3. The average Bonchev–Trinajstić information content (AvgIpc) is 2.27. The number of halogens is 1. The van der Waals surface area contributed by atoms with E-state index in [0.29, 0.717) is 16.5 Å². The Balaban J connectivity index is 2.95. The highest BCUT2D eigenvalue weighted by atomic mass is 79.9. The lowest BCUT2D eigenvalue weighted by molar-refractivity contribution is 0.0600. The van der Waals surface area contributed by atoms with Crippen molar-refractivity contribution in [2.45, 2.75) is 6.10 Å². The van der Waals surface area contributed by atoms with Crippen LogP contribution < -0.4 is 0 Å². The van der Waals surface area contributed by atoms with E-state index in [1.165, 1.54) is 7.11 Å². The second kappa shape index (κ2) is 5.12. The quantitative estimate of drug-likeness (QED) is 0.666. The number of esters is 1. The summed E-state index contributed by atoms with van der Waals surface area (Å²) in [5, 5.41) is 9.95. The van der Waals surface area contributed by atoms with Crippen molar-refractivity contribution >= 4 is 21.9 Å². The van der Waals surface area contributed by atoms with Gasteiger partial charge in [0.05, 0.1) is 18.8 Å². The molecule has 1 rings (SSSR count). The van der Waals surface area contributed by atoms with Gasteiger partial charge >= 0.3 is 5.97 Å². The molecule has 3 nitrogen and oxygen atoms in total. The largest absolute Gasteiger partial charge is 0.465 e. The number of benzene rings is 1. The molecule has 0 saturated carbocycles. The van der Waals surface area contributed by atoms with Gasteiger partial charge in [-0.15, -0.1) is 0 Å². The van der Waals surface area contributed by atoms with Crippen LogP contribution in [0.15, 0.2) is 24.3 Å². The van der Waals surface area contributed by atoms with Gasteiger partial charge in [-0.05, 0) is 17.7 Å². The summed E-state index contributed by atoms with van der Waals surface area (Å²) in [6, 6.07) is 6.75. The number of carbonyl (C=O) groups excluding carboxylic acids is 1. The third-order valence-electron chi connectivity index (χ3n) is 1.84. The molecule has 1 atom stereocenters. The fraction of sp³-hybridized carbons (Fsp3) is 0.300. The minimum Gasteiger partial charge on any atom is -0.465 e. The molecule has 4 heteroatoms. The first kappa shape index (κ1) is 11.2. The van der Waals surface area contributed by atoms with Crippen molar-refractivity contribution in [3.8, 4) is 0 Å². The molecule has 0 heterocycles. The van der Waals surface area contributed by atoms with E-state index in [9.17, 15) is 9.90 Å². The Bertz CT molecular complexity index is 325. The second-order valence-corrected chi connectivity index (χ2v) is 3.43. The molecule has 0 saturated heterocycles. The molecular weight excluding hydrogens is 248 g/mol. The normalized spacial score (nSPS) is 12.2. The first-order valence-electron chi connectivity index (χ1n) is 4.11. The van der Waals surface area contributed by atoms with Crippen molar-refractivity contribution in [1.82, 2.24) is 0 Å². The van der Waals surface area contributed by atoms with Gasteiger partial charge in [-0.3, -0.25) is 0 Å². The first-order chi connectivity index (χ1) is 6.69. The van der Waals surface area contributed by atoms with Crippen LogP contribution in [0.1, 0.15) is 22.0 Å². The van der Waals surface area contributed by atoms with E-state index >= 15 is 0 Å². The van der Waals surface area contributed by atoms with Crippen LogP contribution in [0.25, 0.3) is 0 Å². The summed E-state index contributed by atoms with van der Waals surface area (Å²) in [6.07, 6.45) is -0.598. The molecule has 0 radical (unpaired) electrons. The van der Waals surface area contributed by atoms with Crippen LogP contribution >= 0.6 is 15.9 Å². The Labute approximate surface area is 90.8 Å². The Kier molecular flexibility index (Phi) is 4.10. The fourth-order valence-electron chi connectivity index (χ4n) is 1.08. The van der Waals surface area contributed by atoms with Crippen molar-refractivity contribution in [2.75, 3.05) is 12.4 Å². The molecule has 14 heavy (non-hydrogen) atoms. The summed E-state index contributed by atoms with van der Waals surface area (Å²) >= 11 is 3.16. The molecule has 0 fully saturated rings. The van der Waals surface area contributed by atoms with Crippen LogP contribution in [-0.2, 0) is 4.74 Å². The third kappa shape index (κ3) is 2.56. The van der Waals surface area contributed by atoms with Gasteiger partial charge in [0.2, 0.25) is 0 Å². The third-order valence-corrected chi connectivity index (χ3v) is 2.45. The van der Waals surface area contributed by atoms with Gasteiger partial charge in [0, 0.05) is 5.33 Å². The Morgan fingerprint density at radius 1 is 1.64 bits per heavy atom. The summed E-state index contributed by atoms with van der Waals surface area (Å²) in [5.41, 5.74) is 1.15. The van der Waals surface area contributed by atoms with E-state index in [1.54, 1.807) is 24.3 Å². The summed E-state index contributed by atoms with van der Waals surface area (Å²) in [7, 11) is 1.33. The number of carbonyl (C=O) groups is 1. The van der Waals surface area contributed by atoms with Crippen LogP contribution in [0.2, 0.25) is 0 Å². The van der Waals surface area contributed by atoms with E-state index in [2.05, 4.69) is 20.7 Å². The predicted octanol–water partition coefficient (Wildman–Crippen LogP) is 1.90. The van der Waals surface area contributed by atoms with Gasteiger partial charge in [0.15, 0.2) is 0 Å². The summed E-state index contributed by atoms with van der Waals surface area (Å²) in [4.78, 5) is 11.2. The molecule has 0 aromatic heterocycles. The number of hydrogen-bond donors (Lipinski definition) is 1. The van der Waals surface area contributed by atoms with Crippen LogP contribution in [0.5, 0.6) is 0 Å². The zero-order valence-corrected chi connectivity index (χ0v) is 9.32. The molecule has 1 aromatic carbocycles. The Hall–Kier alpha value is -0.870. The van der Waals surface area contributed by atoms with Crippen molar-refractivity contribution in [1.29, 1.82) is 0 Å². The summed E-state index contributed by atoms with van der Waals surface area (Å²) in [6.45, 7) is 0. The lowest BCUT2D eigenvalue weighted by Gasteiger charge is -2.08. The highest BCUT2D eigenvalue weighted by Gasteiger charge is 2.09. The van der Waals surface area contributed by atoms with Gasteiger partial charge in [-0.2, -0.15) is 0 Å². The highest BCUT2D eigenvalue weighted by Crippen LogP contribution is 2.16. The molecule has 76 valence electrons. The maximum absolute atomic E-state index is 11.2. The maximum Gasteiger partial charge on any atom is 0.337 e. The van der Waals surface area contributed by atoms with E-state index < -0.39 is 12.1 Å². The zero-order chi connectivity index (χ0) is 10.6. The number of methoxy groups -OCH3 is 1.